The normalized spacial score (nSPS) is 14.4. The Balaban J connectivity index is 1.54. The number of rotatable bonds is 3. The van der Waals surface area contributed by atoms with E-state index in [9.17, 15) is 0 Å². The molecule has 4 aromatic rings. The molecule has 3 aromatic heterocycles. The van der Waals surface area contributed by atoms with Crippen molar-refractivity contribution in [3.63, 3.8) is 0 Å². The predicted octanol–water partition coefficient (Wildman–Crippen LogP) is 4.63. The first-order valence-electron chi connectivity index (χ1n) is 10.6. The van der Waals surface area contributed by atoms with E-state index in [1.807, 2.05) is 20.0 Å². The summed E-state index contributed by atoms with van der Waals surface area (Å²) in [6.07, 6.45) is 1.92. The van der Waals surface area contributed by atoms with Gasteiger partial charge in [-0.05, 0) is 67.8 Å². The molecule has 0 aliphatic carbocycles. The molecule has 2 N–H and O–H groups in total. The summed E-state index contributed by atoms with van der Waals surface area (Å²) in [7, 11) is 0. The lowest BCUT2D eigenvalue weighted by Crippen LogP contribution is -2.43. The average molecular weight is 398 g/mol. The number of aryl methyl sites for hydroxylation is 3. The fourth-order valence-corrected chi connectivity index (χ4v) is 4.45. The second kappa shape index (κ2) is 7.58. The highest BCUT2D eigenvalue weighted by molar-refractivity contribution is 5.93. The zero-order chi connectivity index (χ0) is 20.7. The molecule has 1 aliphatic rings. The Labute approximate surface area is 177 Å². The molecule has 152 valence electrons. The van der Waals surface area contributed by atoms with E-state index in [1.165, 1.54) is 33.3 Å². The van der Waals surface area contributed by atoms with Crippen molar-refractivity contribution in [1.29, 1.82) is 0 Å². The van der Waals surface area contributed by atoms with Gasteiger partial charge in [0.25, 0.3) is 0 Å². The van der Waals surface area contributed by atoms with Crippen LogP contribution in [0.3, 0.4) is 0 Å². The number of nitrogens with one attached hydrogen (secondary N) is 2. The summed E-state index contributed by atoms with van der Waals surface area (Å²) in [6, 6.07) is 15.3. The van der Waals surface area contributed by atoms with Crippen molar-refractivity contribution in [2.24, 2.45) is 0 Å². The molecule has 4 heterocycles. The molecule has 1 aromatic carbocycles. The van der Waals surface area contributed by atoms with Crippen LogP contribution in [0.15, 0.2) is 48.7 Å². The maximum atomic E-state index is 4.61. The van der Waals surface area contributed by atoms with Gasteiger partial charge in [0.15, 0.2) is 0 Å². The van der Waals surface area contributed by atoms with Gasteiger partial charge < -0.3 is 15.2 Å². The molecular formula is C25H27N5. The van der Waals surface area contributed by atoms with Crippen molar-refractivity contribution in [3.05, 3.63) is 65.6 Å². The summed E-state index contributed by atoms with van der Waals surface area (Å²) in [5, 5.41) is 4.66. The monoisotopic (exact) mass is 397 g/mol. The van der Waals surface area contributed by atoms with Gasteiger partial charge >= 0.3 is 0 Å². The van der Waals surface area contributed by atoms with Crippen LogP contribution in [0.4, 0.5) is 5.82 Å². The van der Waals surface area contributed by atoms with Crippen LogP contribution >= 0.6 is 0 Å². The second-order valence-corrected chi connectivity index (χ2v) is 8.16. The van der Waals surface area contributed by atoms with E-state index in [-0.39, 0.29) is 0 Å². The highest BCUT2D eigenvalue weighted by atomic mass is 15.2. The number of hydrogen-bond donors (Lipinski definition) is 2. The Morgan fingerprint density at radius 3 is 2.33 bits per heavy atom. The van der Waals surface area contributed by atoms with Crippen LogP contribution in [0.25, 0.3) is 33.3 Å². The third-order valence-corrected chi connectivity index (χ3v) is 5.95. The average Bonchev–Trinajstić information content (AvgIpc) is 3.10. The molecular weight excluding hydrogens is 370 g/mol. The predicted molar refractivity (Wildman–Crippen MR) is 124 cm³/mol. The highest BCUT2D eigenvalue weighted by Crippen LogP contribution is 2.33. The Kier molecular flexibility index (Phi) is 4.75. The summed E-state index contributed by atoms with van der Waals surface area (Å²) < 4.78 is 0. The fraction of sp³-hybridized carbons (Fsp3) is 0.280. The molecule has 0 atom stereocenters. The fourth-order valence-electron chi connectivity index (χ4n) is 4.45. The number of fused-ring (bicyclic) bond motifs is 1. The molecule has 5 heteroatoms. The summed E-state index contributed by atoms with van der Waals surface area (Å²) in [5.41, 5.74) is 9.29. The van der Waals surface area contributed by atoms with Crippen LogP contribution in [0.2, 0.25) is 0 Å². The largest absolute Gasteiger partial charge is 0.354 e. The molecule has 5 nitrogen and oxygen atoms in total. The van der Waals surface area contributed by atoms with Crippen LogP contribution in [0.1, 0.15) is 17.0 Å². The number of aromatic amines is 1. The number of pyridine rings is 2. The van der Waals surface area contributed by atoms with Crippen LogP contribution in [0.5, 0.6) is 0 Å². The minimum atomic E-state index is 0.999. The van der Waals surface area contributed by atoms with Gasteiger partial charge in [0.1, 0.15) is 5.82 Å². The van der Waals surface area contributed by atoms with Gasteiger partial charge in [0.05, 0.1) is 0 Å². The summed E-state index contributed by atoms with van der Waals surface area (Å²) in [4.78, 5) is 15.1. The Bertz CT molecular complexity index is 1200. The van der Waals surface area contributed by atoms with Gasteiger partial charge in [0, 0.05) is 65.9 Å². The van der Waals surface area contributed by atoms with E-state index in [1.54, 1.807) is 0 Å². The maximum Gasteiger partial charge on any atom is 0.129 e. The smallest absolute Gasteiger partial charge is 0.129 e. The quantitative estimate of drug-likeness (QED) is 0.529. The van der Waals surface area contributed by atoms with E-state index in [4.69, 9.17) is 0 Å². The number of hydrogen-bond acceptors (Lipinski definition) is 4. The molecule has 0 amide bonds. The number of aromatic nitrogens is 3. The number of piperazine rings is 1. The van der Waals surface area contributed by atoms with Crippen LogP contribution in [0, 0.1) is 20.8 Å². The van der Waals surface area contributed by atoms with Crippen LogP contribution in [-0.2, 0) is 0 Å². The molecule has 30 heavy (non-hydrogen) atoms. The van der Waals surface area contributed by atoms with Gasteiger partial charge in [-0.3, -0.25) is 4.98 Å². The standard InChI is InChI=1S/C25H27N5/c1-16-12-21(13-17(2)28-16)25-18(3)22-5-4-19(14-23(22)29-25)20-6-7-27-24(15-20)30-10-8-26-9-11-30/h4-7,12-15,26,29H,8-11H2,1-3H3. The van der Waals surface area contributed by atoms with E-state index in [2.05, 4.69) is 74.6 Å². The topological polar surface area (TPSA) is 56.8 Å². The molecule has 1 aliphatic heterocycles. The molecule has 1 saturated heterocycles. The second-order valence-electron chi connectivity index (χ2n) is 8.16. The molecule has 0 bridgehead atoms. The van der Waals surface area contributed by atoms with E-state index in [0.29, 0.717) is 0 Å². The first kappa shape index (κ1) is 18.8. The Hall–Kier alpha value is -3.18. The Morgan fingerprint density at radius 1 is 0.833 bits per heavy atom. The first-order valence-corrected chi connectivity index (χ1v) is 10.6. The third kappa shape index (κ3) is 3.46. The van der Waals surface area contributed by atoms with Gasteiger partial charge in [-0.1, -0.05) is 12.1 Å². The lowest BCUT2D eigenvalue weighted by atomic mass is 10.0. The molecule has 0 unspecified atom stereocenters. The first-order chi connectivity index (χ1) is 14.6. The SMILES string of the molecule is Cc1cc(-c2[nH]c3cc(-c4ccnc(N5CCNCC5)c4)ccc3c2C)cc(C)n1. The van der Waals surface area contributed by atoms with Crippen molar-refractivity contribution in [2.45, 2.75) is 20.8 Å². The minimum absolute atomic E-state index is 0.999. The van der Waals surface area contributed by atoms with Crippen LogP contribution in [-0.4, -0.2) is 41.1 Å². The van der Waals surface area contributed by atoms with Gasteiger partial charge in [-0.2, -0.15) is 0 Å². The molecule has 5 rings (SSSR count). The van der Waals surface area contributed by atoms with Gasteiger partial charge in [-0.25, -0.2) is 4.98 Å². The molecule has 0 spiro atoms. The summed E-state index contributed by atoms with van der Waals surface area (Å²) in [5.74, 6) is 1.06. The maximum absolute atomic E-state index is 4.61. The summed E-state index contributed by atoms with van der Waals surface area (Å²) >= 11 is 0. The Morgan fingerprint density at radius 2 is 1.57 bits per heavy atom. The van der Waals surface area contributed by atoms with Crippen molar-refractivity contribution < 1.29 is 0 Å². The number of benzene rings is 1. The minimum Gasteiger partial charge on any atom is -0.354 e. The van der Waals surface area contributed by atoms with Gasteiger partial charge in [-0.15, -0.1) is 0 Å². The van der Waals surface area contributed by atoms with E-state index < -0.39 is 0 Å². The zero-order valence-electron chi connectivity index (χ0n) is 17.8. The van der Waals surface area contributed by atoms with E-state index in [0.717, 1.165) is 48.9 Å². The summed E-state index contributed by atoms with van der Waals surface area (Å²) in [6.45, 7) is 10.3. The van der Waals surface area contributed by atoms with Crippen molar-refractivity contribution in [2.75, 3.05) is 31.1 Å². The lowest BCUT2D eigenvalue weighted by Gasteiger charge is -2.28. The molecule has 1 fully saturated rings. The highest BCUT2D eigenvalue weighted by Gasteiger charge is 2.14. The number of anilines is 1. The molecule has 0 radical (unpaired) electrons. The van der Waals surface area contributed by atoms with Crippen LogP contribution < -0.4 is 10.2 Å². The van der Waals surface area contributed by atoms with Gasteiger partial charge in [0.2, 0.25) is 0 Å². The van der Waals surface area contributed by atoms with E-state index >= 15 is 0 Å². The van der Waals surface area contributed by atoms with Crippen molar-refractivity contribution >= 4 is 16.7 Å². The zero-order valence-corrected chi connectivity index (χ0v) is 17.8. The number of nitrogens with zero attached hydrogens (tertiary/aromatic N) is 3. The van der Waals surface area contributed by atoms with Crippen molar-refractivity contribution in [3.8, 4) is 22.4 Å². The molecule has 0 saturated carbocycles. The van der Waals surface area contributed by atoms with Crippen molar-refractivity contribution in [1.82, 2.24) is 20.3 Å². The third-order valence-electron chi connectivity index (χ3n) is 5.95. The lowest BCUT2D eigenvalue weighted by molar-refractivity contribution is 0.585. The number of H-pyrrole nitrogens is 1.